The maximum Gasteiger partial charge on any atom is 0.273 e. The average Bonchev–Trinajstić information content (AvgIpc) is 2.74. The lowest BCUT2D eigenvalue weighted by Crippen LogP contribution is -2.37. The van der Waals surface area contributed by atoms with E-state index in [1.54, 1.807) is 38.3 Å². The molecule has 2 unspecified atom stereocenters. The molecule has 2 atom stereocenters. The van der Waals surface area contributed by atoms with E-state index in [4.69, 9.17) is 14.2 Å². The van der Waals surface area contributed by atoms with Gasteiger partial charge in [-0.05, 0) is 37.6 Å². The third-order valence-corrected chi connectivity index (χ3v) is 4.69. The predicted octanol–water partition coefficient (Wildman–Crippen LogP) is 2.56. The smallest absolute Gasteiger partial charge is 0.273 e. The largest absolute Gasteiger partial charge is 0.500 e. The lowest BCUT2D eigenvalue weighted by Gasteiger charge is -2.26. The van der Waals surface area contributed by atoms with Gasteiger partial charge in [-0.25, -0.2) is 4.99 Å². The number of amides is 2. The molecular formula is C22H24N2O5. The molecule has 1 heterocycles. The van der Waals surface area contributed by atoms with Gasteiger partial charge in [0.2, 0.25) is 0 Å². The Hall–Kier alpha value is -3.35. The molecule has 1 N–H and O–H groups in total. The van der Waals surface area contributed by atoms with Crippen LogP contribution in [-0.4, -0.2) is 44.4 Å². The average molecular weight is 396 g/mol. The highest BCUT2D eigenvalue weighted by Gasteiger charge is 2.32. The van der Waals surface area contributed by atoms with Crippen molar-refractivity contribution in [2.75, 3.05) is 20.8 Å². The fourth-order valence-electron chi connectivity index (χ4n) is 3.15. The zero-order valence-corrected chi connectivity index (χ0v) is 16.7. The summed E-state index contributed by atoms with van der Waals surface area (Å²) in [5.41, 5.74) is 1.06. The summed E-state index contributed by atoms with van der Waals surface area (Å²) >= 11 is 0. The highest BCUT2D eigenvalue weighted by Crippen LogP contribution is 2.30. The van der Waals surface area contributed by atoms with Crippen molar-refractivity contribution in [1.29, 1.82) is 0 Å². The summed E-state index contributed by atoms with van der Waals surface area (Å²) in [6.07, 6.45) is 5.07. The van der Waals surface area contributed by atoms with Gasteiger partial charge >= 0.3 is 0 Å². The van der Waals surface area contributed by atoms with Crippen LogP contribution < -0.4 is 10.1 Å². The molecule has 2 aliphatic rings. The number of carbonyl (C=O) groups excluding carboxylic acids is 2. The second-order valence-corrected chi connectivity index (χ2v) is 6.59. The van der Waals surface area contributed by atoms with E-state index < -0.39 is 6.10 Å². The molecule has 0 spiro atoms. The third-order valence-electron chi connectivity index (χ3n) is 4.69. The van der Waals surface area contributed by atoms with Crippen LogP contribution in [0.15, 0.2) is 70.6 Å². The third kappa shape index (κ3) is 4.74. The molecule has 0 radical (unpaired) electrons. The molecule has 0 aromatic heterocycles. The minimum atomic E-state index is -0.645. The zero-order valence-electron chi connectivity index (χ0n) is 16.7. The van der Waals surface area contributed by atoms with E-state index in [1.165, 1.54) is 7.11 Å². The normalized spacial score (nSPS) is 19.0. The number of hydrogen-bond acceptors (Lipinski definition) is 5. The number of hydrogen-bond donors (Lipinski definition) is 1. The SMILES string of the molecule is COC1=CC=C(OC)C2C=C(CCNC(=O)C(C)Oc3ccccc3)C(=O)N=C12. The summed E-state index contributed by atoms with van der Waals surface area (Å²) in [4.78, 5) is 28.9. The molecule has 3 rings (SSSR count). The Morgan fingerprint density at radius 2 is 1.93 bits per heavy atom. The molecule has 7 nitrogen and oxygen atoms in total. The highest BCUT2D eigenvalue weighted by atomic mass is 16.5. The van der Waals surface area contributed by atoms with E-state index >= 15 is 0 Å². The molecule has 1 aliphatic carbocycles. The minimum absolute atomic E-state index is 0.248. The number of carbonyl (C=O) groups is 2. The van der Waals surface area contributed by atoms with Gasteiger partial charge in [-0.2, -0.15) is 0 Å². The Morgan fingerprint density at radius 1 is 1.17 bits per heavy atom. The number of allylic oxidation sites excluding steroid dienone is 4. The maximum absolute atomic E-state index is 12.4. The Balaban J connectivity index is 1.58. The van der Waals surface area contributed by atoms with Crippen LogP contribution in [0.3, 0.4) is 0 Å². The van der Waals surface area contributed by atoms with Crippen molar-refractivity contribution in [2.45, 2.75) is 19.4 Å². The van der Waals surface area contributed by atoms with E-state index in [1.807, 2.05) is 24.3 Å². The van der Waals surface area contributed by atoms with Gasteiger partial charge in [-0.1, -0.05) is 24.3 Å². The molecule has 7 heteroatoms. The molecule has 0 saturated carbocycles. The van der Waals surface area contributed by atoms with Crippen molar-refractivity contribution < 1.29 is 23.8 Å². The summed E-state index contributed by atoms with van der Waals surface area (Å²) in [5.74, 6) is 0.994. The maximum atomic E-state index is 12.4. The summed E-state index contributed by atoms with van der Waals surface area (Å²) in [7, 11) is 3.11. The quantitative estimate of drug-likeness (QED) is 0.730. The Bertz CT molecular complexity index is 899. The van der Waals surface area contributed by atoms with Crippen molar-refractivity contribution in [1.82, 2.24) is 5.32 Å². The van der Waals surface area contributed by atoms with E-state index in [0.717, 1.165) is 0 Å². The zero-order chi connectivity index (χ0) is 20.8. The molecule has 1 aliphatic heterocycles. The van der Waals surface area contributed by atoms with Crippen LogP contribution in [-0.2, 0) is 19.1 Å². The number of methoxy groups -OCH3 is 2. The number of benzene rings is 1. The minimum Gasteiger partial charge on any atom is -0.500 e. The molecule has 0 bridgehead atoms. The second kappa shape index (κ2) is 9.23. The molecule has 0 fully saturated rings. The van der Waals surface area contributed by atoms with Crippen molar-refractivity contribution in [3.8, 4) is 5.75 Å². The van der Waals surface area contributed by atoms with Gasteiger partial charge in [0.05, 0.1) is 20.1 Å². The van der Waals surface area contributed by atoms with Gasteiger partial charge in [0.25, 0.3) is 11.8 Å². The summed E-state index contributed by atoms with van der Waals surface area (Å²) in [6.45, 7) is 1.98. The van der Waals surface area contributed by atoms with Gasteiger partial charge < -0.3 is 19.5 Å². The summed E-state index contributed by atoms with van der Waals surface area (Å²) in [5, 5.41) is 2.80. The van der Waals surface area contributed by atoms with Crippen LogP contribution in [0.25, 0.3) is 0 Å². The first-order chi connectivity index (χ1) is 14.0. The number of ether oxygens (including phenoxy) is 3. The number of nitrogens with zero attached hydrogens (tertiary/aromatic N) is 1. The van der Waals surface area contributed by atoms with Gasteiger partial charge in [0.15, 0.2) is 6.10 Å². The topological polar surface area (TPSA) is 86.2 Å². The highest BCUT2D eigenvalue weighted by molar-refractivity contribution is 6.15. The first kappa shape index (κ1) is 20.4. The number of para-hydroxylation sites is 1. The first-order valence-electron chi connectivity index (χ1n) is 9.36. The fourth-order valence-corrected chi connectivity index (χ4v) is 3.15. The van der Waals surface area contributed by atoms with Gasteiger partial charge in [-0.3, -0.25) is 9.59 Å². The number of dihydropyridines is 1. The van der Waals surface area contributed by atoms with Crippen LogP contribution in [0, 0.1) is 5.92 Å². The van der Waals surface area contributed by atoms with E-state index in [2.05, 4.69) is 10.3 Å². The standard InChI is InChI=1S/C22H24N2O5/c1-14(29-16-7-5-4-6-8-16)21(25)23-12-11-15-13-17-18(27-2)9-10-19(28-3)20(17)24-22(15)26/h4-10,13-14,17H,11-12H2,1-3H3,(H,23,25). The van der Waals surface area contributed by atoms with Gasteiger partial charge in [0.1, 0.15) is 23.0 Å². The number of fused-ring (bicyclic) bond motifs is 1. The van der Waals surface area contributed by atoms with E-state index in [-0.39, 0.29) is 17.7 Å². The molecule has 1 aromatic rings. The van der Waals surface area contributed by atoms with E-state index in [0.29, 0.717) is 41.5 Å². The molecule has 2 amide bonds. The summed E-state index contributed by atoms with van der Waals surface area (Å²) < 4.78 is 16.3. The Labute approximate surface area is 169 Å². The number of nitrogens with one attached hydrogen (secondary N) is 1. The lowest BCUT2D eigenvalue weighted by atomic mass is 9.89. The molecular weight excluding hydrogens is 372 g/mol. The van der Waals surface area contributed by atoms with Crippen LogP contribution in [0.5, 0.6) is 5.75 Å². The monoisotopic (exact) mass is 396 g/mol. The molecule has 1 aromatic carbocycles. The second-order valence-electron chi connectivity index (χ2n) is 6.59. The Morgan fingerprint density at radius 3 is 2.62 bits per heavy atom. The summed E-state index contributed by atoms with van der Waals surface area (Å²) in [6, 6.07) is 9.14. The van der Waals surface area contributed by atoms with Crippen molar-refractivity contribution in [3.05, 3.63) is 65.7 Å². The molecule has 0 saturated heterocycles. The molecule has 152 valence electrons. The molecule has 29 heavy (non-hydrogen) atoms. The van der Waals surface area contributed by atoms with Gasteiger partial charge in [-0.15, -0.1) is 0 Å². The van der Waals surface area contributed by atoms with Gasteiger partial charge in [0, 0.05) is 12.1 Å². The van der Waals surface area contributed by atoms with Crippen LogP contribution in [0.2, 0.25) is 0 Å². The number of aliphatic imine (C=N–C) groups is 1. The van der Waals surface area contributed by atoms with Crippen molar-refractivity contribution in [3.63, 3.8) is 0 Å². The fraction of sp³-hybridized carbons (Fsp3) is 0.318. The lowest BCUT2D eigenvalue weighted by molar-refractivity contribution is -0.127. The van der Waals surface area contributed by atoms with E-state index in [9.17, 15) is 9.59 Å². The van der Waals surface area contributed by atoms with Crippen LogP contribution in [0.1, 0.15) is 13.3 Å². The number of rotatable bonds is 8. The van der Waals surface area contributed by atoms with Crippen LogP contribution >= 0.6 is 0 Å². The Kier molecular flexibility index (Phi) is 6.49. The van der Waals surface area contributed by atoms with Crippen molar-refractivity contribution >= 4 is 17.5 Å². The van der Waals surface area contributed by atoms with Crippen LogP contribution in [0.4, 0.5) is 0 Å². The predicted molar refractivity (Wildman–Crippen MR) is 108 cm³/mol. The van der Waals surface area contributed by atoms with Crippen molar-refractivity contribution in [2.24, 2.45) is 10.9 Å². The first-order valence-corrected chi connectivity index (χ1v) is 9.36.